The zero-order chi connectivity index (χ0) is 20.4. The number of anilines is 1. The molecule has 0 aromatic carbocycles. The Kier molecular flexibility index (Phi) is 5.43. The molecular weight excluding hydrogens is 374 g/mol. The molecular formula is C19H25N7O3. The maximum absolute atomic E-state index is 12.2. The van der Waals surface area contributed by atoms with E-state index in [1.807, 2.05) is 18.1 Å². The van der Waals surface area contributed by atoms with Crippen molar-refractivity contribution in [1.82, 2.24) is 30.2 Å². The van der Waals surface area contributed by atoms with Crippen LogP contribution in [0.15, 0.2) is 24.5 Å². The molecule has 29 heavy (non-hydrogen) atoms. The van der Waals surface area contributed by atoms with Crippen LogP contribution in [0.3, 0.4) is 0 Å². The van der Waals surface area contributed by atoms with E-state index in [1.54, 1.807) is 23.0 Å². The Bertz CT molecular complexity index is 872. The molecule has 10 nitrogen and oxygen atoms in total. The first kappa shape index (κ1) is 19.3. The predicted molar refractivity (Wildman–Crippen MR) is 105 cm³/mol. The second kappa shape index (κ2) is 8.16. The maximum atomic E-state index is 12.2. The summed E-state index contributed by atoms with van der Waals surface area (Å²) in [6.07, 6.45) is 7.45. The highest BCUT2D eigenvalue weighted by Crippen LogP contribution is 2.33. The SMILES string of the molecule is Cn1cc(-c2ccc(NC(=O)NC3CC(N(CC(=O)O)CC4CC4)C3)nn2)cn1. The van der Waals surface area contributed by atoms with E-state index < -0.39 is 5.97 Å². The number of rotatable bonds is 8. The van der Waals surface area contributed by atoms with Gasteiger partial charge >= 0.3 is 12.0 Å². The second-order valence-corrected chi connectivity index (χ2v) is 7.89. The minimum absolute atomic E-state index is 0.0399. The summed E-state index contributed by atoms with van der Waals surface area (Å²) < 4.78 is 1.69. The van der Waals surface area contributed by atoms with E-state index in [9.17, 15) is 9.59 Å². The van der Waals surface area contributed by atoms with Gasteiger partial charge in [-0.2, -0.15) is 5.10 Å². The van der Waals surface area contributed by atoms with Crippen LogP contribution in [-0.2, 0) is 11.8 Å². The fourth-order valence-electron chi connectivity index (χ4n) is 3.60. The van der Waals surface area contributed by atoms with Crippen LogP contribution in [0, 0.1) is 5.92 Å². The number of carboxylic acid groups (broad SMARTS) is 1. The van der Waals surface area contributed by atoms with Crippen LogP contribution in [0.5, 0.6) is 0 Å². The Morgan fingerprint density at radius 1 is 1.28 bits per heavy atom. The third-order valence-corrected chi connectivity index (χ3v) is 5.40. The summed E-state index contributed by atoms with van der Waals surface area (Å²) in [7, 11) is 1.83. The molecule has 4 rings (SSSR count). The summed E-state index contributed by atoms with van der Waals surface area (Å²) in [4.78, 5) is 25.3. The molecule has 0 spiro atoms. The van der Waals surface area contributed by atoms with Gasteiger partial charge in [-0.05, 0) is 43.7 Å². The first-order chi connectivity index (χ1) is 14.0. The van der Waals surface area contributed by atoms with E-state index >= 15 is 0 Å². The molecule has 2 aliphatic rings. The molecule has 0 saturated heterocycles. The first-order valence-electron chi connectivity index (χ1n) is 9.82. The van der Waals surface area contributed by atoms with Crippen LogP contribution in [0.4, 0.5) is 10.6 Å². The van der Waals surface area contributed by atoms with Crippen LogP contribution in [0.1, 0.15) is 25.7 Å². The van der Waals surface area contributed by atoms with E-state index in [0.29, 0.717) is 17.4 Å². The van der Waals surface area contributed by atoms with Gasteiger partial charge in [0, 0.05) is 37.4 Å². The topological polar surface area (TPSA) is 125 Å². The summed E-state index contributed by atoms with van der Waals surface area (Å²) in [5, 5.41) is 27.0. The average Bonchev–Trinajstić information content (AvgIpc) is 3.35. The lowest BCUT2D eigenvalue weighted by Crippen LogP contribution is -2.55. The Morgan fingerprint density at radius 2 is 2.07 bits per heavy atom. The third-order valence-electron chi connectivity index (χ3n) is 5.40. The summed E-state index contributed by atoms with van der Waals surface area (Å²) >= 11 is 0. The summed E-state index contributed by atoms with van der Waals surface area (Å²) in [5.74, 6) is 0.207. The number of carbonyl (C=O) groups is 2. The number of carbonyl (C=O) groups excluding carboxylic acids is 1. The molecule has 0 unspecified atom stereocenters. The summed E-state index contributed by atoms with van der Waals surface area (Å²) in [5.41, 5.74) is 1.54. The van der Waals surface area contributed by atoms with Crippen molar-refractivity contribution in [1.29, 1.82) is 0 Å². The molecule has 0 aliphatic heterocycles. The van der Waals surface area contributed by atoms with Crippen molar-refractivity contribution in [3.8, 4) is 11.3 Å². The van der Waals surface area contributed by atoms with Crippen LogP contribution in [-0.4, -0.2) is 67.2 Å². The van der Waals surface area contributed by atoms with Crippen molar-refractivity contribution >= 4 is 17.8 Å². The van der Waals surface area contributed by atoms with Crippen molar-refractivity contribution < 1.29 is 14.7 Å². The van der Waals surface area contributed by atoms with Crippen molar-refractivity contribution in [2.45, 2.75) is 37.8 Å². The molecule has 0 radical (unpaired) electrons. The average molecular weight is 399 g/mol. The predicted octanol–water partition coefficient (Wildman–Crippen LogP) is 1.33. The molecule has 154 valence electrons. The number of urea groups is 1. The lowest BCUT2D eigenvalue weighted by molar-refractivity contribution is -0.139. The van der Waals surface area contributed by atoms with E-state index in [2.05, 4.69) is 25.9 Å². The molecule has 2 heterocycles. The summed E-state index contributed by atoms with van der Waals surface area (Å²) in [6.45, 7) is 0.910. The van der Waals surface area contributed by atoms with Gasteiger partial charge in [0.25, 0.3) is 0 Å². The zero-order valence-corrected chi connectivity index (χ0v) is 16.3. The molecule has 2 aromatic rings. The van der Waals surface area contributed by atoms with E-state index in [1.165, 1.54) is 12.8 Å². The zero-order valence-electron chi connectivity index (χ0n) is 16.3. The molecule has 10 heteroatoms. The fourth-order valence-corrected chi connectivity index (χ4v) is 3.60. The second-order valence-electron chi connectivity index (χ2n) is 7.89. The van der Waals surface area contributed by atoms with Crippen molar-refractivity contribution in [3.05, 3.63) is 24.5 Å². The monoisotopic (exact) mass is 399 g/mol. The molecule has 2 saturated carbocycles. The lowest BCUT2D eigenvalue weighted by Gasteiger charge is -2.42. The fraction of sp³-hybridized carbons (Fsp3) is 0.526. The number of carboxylic acids is 1. The number of nitrogens with one attached hydrogen (secondary N) is 2. The van der Waals surface area contributed by atoms with Crippen molar-refractivity contribution in [2.24, 2.45) is 13.0 Å². The number of nitrogens with zero attached hydrogens (tertiary/aromatic N) is 5. The molecule has 2 fully saturated rings. The molecule has 0 atom stereocenters. The van der Waals surface area contributed by atoms with Gasteiger partial charge in [-0.15, -0.1) is 10.2 Å². The minimum Gasteiger partial charge on any atom is -0.480 e. The number of hydrogen-bond acceptors (Lipinski definition) is 6. The van der Waals surface area contributed by atoms with E-state index in [-0.39, 0.29) is 24.7 Å². The van der Waals surface area contributed by atoms with Gasteiger partial charge in [-0.3, -0.25) is 19.7 Å². The molecule has 3 N–H and O–H groups in total. The highest BCUT2D eigenvalue weighted by Gasteiger charge is 2.37. The van der Waals surface area contributed by atoms with Crippen LogP contribution in [0.2, 0.25) is 0 Å². The van der Waals surface area contributed by atoms with Gasteiger partial charge in [0.1, 0.15) is 0 Å². The molecule has 0 bridgehead atoms. The van der Waals surface area contributed by atoms with Gasteiger partial charge in [0.15, 0.2) is 5.82 Å². The lowest BCUT2D eigenvalue weighted by atomic mass is 9.85. The maximum Gasteiger partial charge on any atom is 0.320 e. The van der Waals surface area contributed by atoms with Gasteiger partial charge in [-0.1, -0.05) is 0 Å². The largest absolute Gasteiger partial charge is 0.480 e. The number of aryl methyl sites for hydroxylation is 1. The van der Waals surface area contributed by atoms with Crippen LogP contribution >= 0.6 is 0 Å². The number of hydrogen-bond donors (Lipinski definition) is 3. The molecule has 2 aliphatic carbocycles. The third kappa shape index (κ3) is 5.08. The Morgan fingerprint density at radius 3 is 2.66 bits per heavy atom. The minimum atomic E-state index is -0.798. The van der Waals surface area contributed by atoms with Gasteiger partial charge in [0.05, 0.1) is 18.4 Å². The quantitative estimate of drug-likeness (QED) is 0.611. The van der Waals surface area contributed by atoms with Gasteiger partial charge in [-0.25, -0.2) is 4.79 Å². The van der Waals surface area contributed by atoms with Crippen LogP contribution < -0.4 is 10.6 Å². The normalized spacial score (nSPS) is 20.9. The smallest absolute Gasteiger partial charge is 0.320 e. The first-order valence-corrected chi connectivity index (χ1v) is 9.82. The van der Waals surface area contributed by atoms with Crippen molar-refractivity contribution in [3.63, 3.8) is 0 Å². The summed E-state index contributed by atoms with van der Waals surface area (Å²) in [6, 6.07) is 3.40. The number of aromatic nitrogens is 4. The number of amides is 2. The standard InChI is InChI=1S/C19H25N7O3/c1-25-10-13(8-20-25)16-4-5-17(24-23-16)22-19(29)21-14-6-15(7-14)26(11-18(27)28)9-12-2-3-12/h4-5,8,10,12,14-15H,2-3,6-7,9,11H2,1H3,(H,27,28)(H2,21,22,24,29). The Labute approximate surface area is 168 Å². The van der Waals surface area contributed by atoms with E-state index in [4.69, 9.17) is 5.11 Å². The highest BCUT2D eigenvalue weighted by molar-refractivity contribution is 5.88. The highest BCUT2D eigenvalue weighted by atomic mass is 16.4. The van der Waals surface area contributed by atoms with Crippen LogP contribution in [0.25, 0.3) is 11.3 Å². The van der Waals surface area contributed by atoms with Gasteiger partial charge < -0.3 is 10.4 Å². The Balaban J connectivity index is 1.23. The number of aliphatic carboxylic acids is 1. The van der Waals surface area contributed by atoms with Crippen molar-refractivity contribution in [2.75, 3.05) is 18.4 Å². The Hall–Kier alpha value is -3.01. The molecule has 2 aromatic heterocycles. The molecule has 2 amide bonds. The van der Waals surface area contributed by atoms with E-state index in [0.717, 1.165) is 24.9 Å². The van der Waals surface area contributed by atoms with Gasteiger partial charge in [0.2, 0.25) is 0 Å².